The fourth-order valence-electron chi connectivity index (χ4n) is 3.18. The number of ether oxygens (including phenoxy) is 3. The molecule has 0 fully saturated rings. The fraction of sp³-hybridized carbons (Fsp3) is 0.192. The first-order valence-electron chi connectivity index (χ1n) is 10.3. The number of carbonyl (C=O) groups excluding carboxylic acids is 3. The average Bonchev–Trinajstić information content (AvgIpc) is 2.87. The number of hydrogen-bond acceptors (Lipinski definition) is 6. The molecular formula is C26H25NO6. The zero-order chi connectivity index (χ0) is 23.6. The quantitative estimate of drug-likeness (QED) is 0.505. The van der Waals surface area contributed by atoms with E-state index in [0.717, 1.165) is 11.1 Å². The van der Waals surface area contributed by atoms with Crippen LogP contribution < -0.4 is 10.1 Å². The molecule has 0 heterocycles. The highest BCUT2D eigenvalue weighted by Gasteiger charge is 2.23. The summed E-state index contributed by atoms with van der Waals surface area (Å²) >= 11 is 0. The van der Waals surface area contributed by atoms with Crippen molar-refractivity contribution in [1.82, 2.24) is 5.32 Å². The van der Waals surface area contributed by atoms with Crippen molar-refractivity contribution in [1.29, 1.82) is 0 Å². The summed E-state index contributed by atoms with van der Waals surface area (Å²) in [6.07, 6.45) is 0.230. The van der Waals surface area contributed by atoms with E-state index in [2.05, 4.69) is 10.1 Å². The summed E-state index contributed by atoms with van der Waals surface area (Å²) in [7, 11) is 2.53. The molecule has 0 spiro atoms. The lowest BCUT2D eigenvalue weighted by atomic mass is 10.0. The van der Waals surface area contributed by atoms with E-state index in [4.69, 9.17) is 9.47 Å². The Kier molecular flexibility index (Phi) is 8.18. The molecule has 170 valence electrons. The lowest BCUT2D eigenvalue weighted by molar-refractivity contribution is -0.142. The van der Waals surface area contributed by atoms with Crippen molar-refractivity contribution in [3.63, 3.8) is 0 Å². The summed E-state index contributed by atoms with van der Waals surface area (Å²) in [5, 5.41) is 2.68. The molecule has 3 aromatic carbocycles. The number of hydrogen-bond donors (Lipinski definition) is 1. The molecule has 0 aromatic heterocycles. The Morgan fingerprint density at radius 1 is 0.788 bits per heavy atom. The first-order valence-corrected chi connectivity index (χ1v) is 10.3. The van der Waals surface area contributed by atoms with Gasteiger partial charge in [0, 0.05) is 12.0 Å². The van der Waals surface area contributed by atoms with Gasteiger partial charge in [-0.1, -0.05) is 48.5 Å². The summed E-state index contributed by atoms with van der Waals surface area (Å²) in [5.74, 6) is -0.930. The van der Waals surface area contributed by atoms with Crippen molar-refractivity contribution in [2.45, 2.75) is 19.1 Å². The Balaban J connectivity index is 1.65. The topological polar surface area (TPSA) is 90.9 Å². The van der Waals surface area contributed by atoms with Crippen LogP contribution >= 0.6 is 0 Å². The molecule has 1 N–H and O–H groups in total. The molecule has 1 atom stereocenters. The first kappa shape index (κ1) is 23.5. The van der Waals surface area contributed by atoms with E-state index < -0.39 is 23.9 Å². The van der Waals surface area contributed by atoms with Crippen molar-refractivity contribution in [2.75, 3.05) is 14.2 Å². The van der Waals surface area contributed by atoms with Crippen LogP contribution in [0.5, 0.6) is 5.75 Å². The lowest BCUT2D eigenvalue weighted by Gasteiger charge is -2.17. The summed E-state index contributed by atoms with van der Waals surface area (Å²) in [5.41, 5.74) is 2.36. The molecule has 0 unspecified atom stereocenters. The summed E-state index contributed by atoms with van der Waals surface area (Å²) in [6.45, 7) is 0.450. The molecule has 3 aromatic rings. The largest absolute Gasteiger partial charge is 0.489 e. The number of benzene rings is 3. The Bertz CT molecular complexity index is 1100. The second-order valence-electron chi connectivity index (χ2n) is 7.24. The number of methoxy groups -OCH3 is 2. The van der Waals surface area contributed by atoms with Gasteiger partial charge in [-0.2, -0.15) is 0 Å². The zero-order valence-corrected chi connectivity index (χ0v) is 18.4. The van der Waals surface area contributed by atoms with Crippen LogP contribution in [0.3, 0.4) is 0 Å². The van der Waals surface area contributed by atoms with Crippen molar-refractivity contribution < 1.29 is 28.6 Å². The van der Waals surface area contributed by atoms with Gasteiger partial charge in [0.05, 0.1) is 19.8 Å². The molecule has 0 bridgehead atoms. The molecule has 0 saturated heterocycles. The van der Waals surface area contributed by atoms with Crippen molar-refractivity contribution >= 4 is 17.8 Å². The Labute approximate surface area is 192 Å². The van der Waals surface area contributed by atoms with E-state index in [1.54, 1.807) is 18.2 Å². The van der Waals surface area contributed by atoms with Gasteiger partial charge in [-0.15, -0.1) is 0 Å². The van der Waals surface area contributed by atoms with Crippen molar-refractivity contribution in [3.05, 3.63) is 101 Å². The van der Waals surface area contributed by atoms with Crippen molar-refractivity contribution in [3.8, 4) is 5.75 Å². The standard InChI is InChI=1S/C26H25NO6/c1-31-25(29)21-10-6-9-20(16-21)24(28)27-23(26(30)32-2)15-18-11-13-22(14-12-18)33-17-19-7-4-3-5-8-19/h3-14,16,23H,15,17H2,1-2H3,(H,27,28)/t23-/m0/s1. The van der Waals surface area contributed by atoms with Crippen LogP contribution in [0.1, 0.15) is 31.8 Å². The normalized spacial score (nSPS) is 11.2. The minimum Gasteiger partial charge on any atom is -0.489 e. The van der Waals surface area contributed by atoms with E-state index in [-0.39, 0.29) is 17.5 Å². The summed E-state index contributed by atoms with van der Waals surface area (Å²) in [6, 6.07) is 22.3. The van der Waals surface area contributed by atoms with Crippen LogP contribution in [0.4, 0.5) is 0 Å². The molecule has 0 aliphatic heterocycles. The third-order valence-electron chi connectivity index (χ3n) is 4.95. The van der Waals surface area contributed by atoms with Gasteiger partial charge in [-0.05, 0) is 41.5 Å². The maximum absolute atomic E-state index is 12.7. The number of esters is 2. The molecular weight excluding hydrogens is 422 g/mol. The van der Waals surface area contributed by atoms with Gasteiger partial charge >= 0.3 is 11.9 Å². The van der Waals surface area contributed by atoms with Crippen LogP contribution in [0.25, 0.3) is 0 Å². The Morgan fingerprint density at radius 3 is 2.15 bits per heavy atom. The van der Waals surface area contributed by atoms with Gasteiger partial charge in [0.2, 0.25) is 0 Å². The van der Waals surface area contributed by atoms with E-state index in [1.807, 2.05) is 54.6 Å². The molecule has 7 nitrogen and oxygen atoms in total. The molecule has 3 rings (SSSR count). The Morgan fingerprint density at radius 2 is 1.48 bits per heavy atom. The molecule has 0 aliphatic rings. The van der Waals surface area contributed by atoms with E-state index in [0.29, 0.717) is 12.4 Å². The lowest BCUT2D eigenvalue weighted by Crippen LogP contribution is -2.43. The minimum absolute atomic E-state index is 0.230. The third kappa shape index (κ3) is 6.67. The van der Waals surface area contributed by atoms with E-state index in [1.165, 1.54) is 20.3 Å². The van der Waals surface area contributed by atoms with Gasteiger partial charge in [-0.25, -0.2) is 9.59 Å². The van der Waals surface area contributed by atoms with Gasteiger partial charge in [0.25, 0.3) is 5.91 Å². The molecule has 33 heavy (non-hydrogen) atoms. The number of rotatable bonds is 9. The van der Waals surface area contributed by atoms with Crippen LogP contribution in [0, 0.1) is 0 Å². The average molecular weight is 447 g/mol. The zero-order valence-electron chi connectivity index (χ0n) is 18.4. The third-order valence-corrected chi connectivity index (χ3v) is 4.95. The van der Waals surface area contributed by atoms with Crippen molar-refractivity contribution in [2.24, 2.45) is 0 Å². The first-order chi connectivity index (χ1) is 16.0. The molecule has 0 saturated carbocycles. The van der Waals surface area contributed by atoms with Gasteiger partial charge in [0.1, 0.15) is 18.4 Å². The van der Waals surface area contributed by atoms with Crippen LogP contribution in [-0.2, 0) is 27.3 Å². The highest BCUT2D eigenvalue weighted by Crippen LogP contribution is 2.16. The van der Waals surface area contributed by atoms with Gasteiger partial charge in [-0.3, -0.25) is 4.79 Å². The van der Waals surface area contributed by atoms with E-state index >= 15 is 0 Å². The highest BCUT2D eigenvalue weighted by atomic mass is 16.5. The summed E-state index contributed by atoms with van der Waals surface area (Å²) < 4.78 is 15.3. The number of carbonyl (C=O) groups is 3. The Hall–Kier alpha value is -4.13. The van der Waals surface area contributed by atoms with Crippen LogP contribution in [0.15, 0.2) is 78.9 Å². The molecule has 0 radical (unpaired) electrons. The van der Waals surface area contributed by atoms with Gasteiger partial charge < -0.3 is 19.5 Å². The highest BCUT2D eigenvalue weighted by molar-refractivity contribution is 5.99. The maximum atomic E-state index is 12.7. The second-order valence-corrected chi connectivity index (χ2v) is 7.24. The number of amides is 1. The second kappa shape index (κ2) is 11.5. The molecule has 1 amide bonds. The molecule has 0 aliphatic carbocycles. The van der Waals surface area contributed by atoms with Crippen LogP contribution in [0.2, 0.25) is 0 Å². The SMILES string of the molecule is COC(=O)c1cccc(C(=O)N[C@@H](Cc2ccc(OCc3ccccc3)cc2)C(=O)OC)c1. The maximum Gasteiger partial charge on any atom is 0.337 e. The van der Waals surface area contributed by atoms with E-state index in [9.17, 15) is 14.4 Å². The summed E-state index contributed by atoms with van der Waals surface area (Å²) in [4.78, 5) is 36.7. The molecule has 7 heteroatoms. The fourth-order valence-corrected chi connectivity index (χ4v) is 3.18. The predicted octanol–water partition coefficient (Wildman–Crippen LogP) is 3.57. The van der Waals surface area contributed by atoms with Crippen LogP contribution in [-0.4, -0.2) is 38.1 Å². The smallest absolute Gasteiger partial charge is 0.337 e. The predicted molar refractivity (Wildman–Crippen MR) is 122 cm³/mol. The van der Waals surface area contributed by atoms with Gasteiger partial charge in [0.15, 0.2) is 0 Å². The minimum atomic E-state index is -0.902. The monoisotopic (exact) mass is 447 g/mol. The number of nitrogens with one attached hydrogen (secondary N) is 1.